The summed E-state index contributed by atoms with van der Waals surface area (Å²) in [6.07, 6.45) is 0. The fraction of sp³-hybridized carbons (Fsp3) is 0.0141. The maximum Gasteiger partial charge on any atom is 0.0726 e. The second-order valence-corrected chi connectivity index (χ2v) is 19.6. The summed E-state index contributed by atoms with van der Waals surface area (Å²) in [5, 5.41) is 4.90. The number of anilines is 3. The van der Waals surface area contributed by atoms with Crippen LogP contribution in [0.5, 0.6) is 0 Å². The van der Waals surface area contributed by atoms with Crippen LogP contribution in [0.4, 0.5) is 17.1 Å². The van der Waals surface area contributed by atoms with Crippen LogP contribution in [-0.4, -0.2) is 4.57 Å². The molecule has 15 rings (SSSR count). The molecular weight excluding hydrogens is 881 g/mol. The van der Waals surface area contributed by atoms with Crippen molar-refractivity contribution < 1.29 is 0 Å². The van der Waals surface area contributed by atoms with Crippen LogP contribution in [0.25, 0.3) is 93.9 Å². The molecule has 1 heterocycles. The molecule has 12 aromatic carbocycles. The van der Waals surface area contributed by atoms with Gasteiger partial charge in [-0.15, -0.1) is 0 Å². The smallest absolute Gasteiger partial charge is 0.0726 e. The highest BCUT2D eigenvalue weighted by atomic mass is 15.1. The van der Waals surface area contributed by atoms with Crippen LogP contribution in [0.2, 0.25) is 0 Å². The van der Waals surface area contributed by atoms with Gasteiger partial charge in [-0.2, -0.15) is 0 Å². The maximum atomic E-state index is 2.49. The summed E-state index contributed by atoms with van der Waals surface area (Å²) in [4.78, 5) is 2.48. The molecule has 73 heavy (non-hydrogen) atoms. The lowest BCUT2D eigenvalue weighted by Gasteiger charge is -2.32. The van der Waals surface area contributed by atoms with Gasteiger partial charge in [-0.25, -0.2) is 0 Å². The highest BCUT2D eigenvalue weighted by molar-refractivity contribution is 6.10. The van der Waals surface area contributed by atoms with E-state index >= 15 is 0 Å². The van der Waals surface area contributed by atoms with Crippen molar-refractivity contribution in [2.24, 2.45) is 0 Å². The molecule has 1 aromatic heterocycles. The molecule has 0 aliphatic heterocycles. The molecule has 0 N–H and O–H groups in total. The lowest BCUT2D eigenvalue weighted by atomic mass is 9.70. The summed E-state index contributed by atoms with van der Waals surface area (Å²) < 4.78 is 2.40. The summed E-state index contributed by atoms with van der Waals surface area (Å²) in [7, 11) is 0. The number of benzene rings is 12. The summed E-state index contributed by atoms with van der Waals surface area (Å²) in [5.41, 5.74) is 24.2. The number of rotatable bonds is 7. The van der Waals surface area contributed by atoms with Crippen LogP contribution in [-0.2, 0) is 5.41 Å². The van der Waals surface area contributed by atoms with Gasteiger partial charge < -0.3 is 9.47 Å². The van der Waals surface area contributed by atoms with Gasteiger partial charge in [0.05, 0.1) is 22.1 Å². The fourth-order valence-corrected chi connectivity index (χ4v) is 12.6. The summed E-state index contributed by atoms with van der Waals surface area (Å²) in [6, 6.07) is 103. The first-order valence-electron chi connectivity index (χ1n) is 25.3. The van der Waals surface area contributed by atoms with Crippen LogP contribution in [0, 0.1) is 0 Å². The van der Waals surface area contributed by atoms with E-state index in [0.29, 0.717) is 0 Å². The molecule has 2 aliphatic rings. The first-order valence-corrected chi connectivity index (χ1v) is 25.3. The molecule has 0 atom stereocenters. The first kappa shape index (κ1) is 41.3. The van der Waals surface area contributed by atoms with Crippen molar-refractivity contribution in [2.75, 3.05) is 4.90 Å². The van der Waals surface area contributed by atoms with Gasteiger partial charge in [0.2, 0.25) is 0 Å². The summed E-state index contributed by atoms with van der Waals surface area (Å²) in [6.45, 7) is 0. The van der Waals surface area contributed by atoms with E-state index in [1.807, 2.05) is 0 Å². The lowest BCUT2D eigenvalue weighted by Crippen LogP contribution is -2.26. The third kappa shape index (κ3) is 6.24. The third-order valence-electron chi connectivity index (χ3n) is 15.8. The molecule has 0 unspecified atom stereocenters. The molecule has 2 aliphatic carbocycles. The SMILES string of the molecule is c1ccc(-c2ccc(-n3c4ccccc4c4cc(-c5ccc(-c6cccc(N(c7ccc8c(c7)C7(c9ccccc9-c9ccccc97)c7ccccc7-8)c7cccc8ccccc78)c6)cc5)ccc43)cc2)cc1. The minimum absolute atomic E-state index is 0.445. The monoisotopic (exact) mass is 926 g/mol. The minimum atomic E-state index is -0.445. The molecule has 1 spiro atoms. The molecule has 0 saturated carbocycles. The van der Waals surface area contributed by atoms with E-state index in [0.717, 1.165) is 28.3 Å². The van der Waals surface area contributed by atoms with E-state index in [2.05, 4.69) is 289 Å². The Balaban J connectivity index is 0.828. The number of nitrogens with zero attached hydrogens (tertiary/aromatic N) is 2. The van der Waals surface area contributed by atoms with E-state index in [1.54, 1.807) is 0 Å². The molecule has 340 valence electrons. The number of hydrogen-bond donors (Lipinski definition) is 0. The van der Waals surface area contributed by atoms with Gasteiger partial charge in [0.15, 0.2) is 0 Å². The van der Waals surface area contributed by atoms with E-state index in [4.69, 9.17) is 0 Å². The van der Waals surface area contributed by atoms with Crippen molar-refractivity contribution in [1.29, 1.82) is 0 Å². The second kappa shape index (κ2) is 16.3. The largest absolute Gasteiger partial charge is 0.310 e. The molecular formula is C71H46N2. The molecule has 0 radical (unpaired) electrons. The number of hydrogen-bond acceptors (Lipinski definition) is 1. The molecule has 2 heteroatoms. The number of fused-ring (bicyclic) bond motifs is 14. The van der Waals surface area contributed by atoms with Gasteiger partial charge >= 0.3 is 0 Å². The van der Waals surface area contributed by atoms with Gasteiger partial charge in [0.1, 0.15) is 0 Å². The number of para-hydroxylation sites is 1. The highest BCUT2D eigenvalue weighted by Crippen LogP contribution is 2.63. The zero-order valence-electron chi connectivity index (χ0n) is 40.0. The van der Waals surface area contributed by atoms with Crippen molar-refractivity contribution in [1.82, 2.24) is 4.57 Å². The van der Waals surface area contributed by atoms with Crippen LogP contribution in [0.3, 0.4) is 0 Å². The Morgan fingerprint density at radius 3 is 1.47 bits per heavy atom. The van der Waals surface area contributed by atoms with Crippen molar-refractivity contribution in [3.63, 3.8) is 0 Å². The zero-order chi connectivity index (χ0) is 48.0. The van der Waals surface area contributed by atoms with Crippen molar-refractivity contribution in [3.05, 3.63) is 301 Å². The topological polar surface area (TPSA) is 8.17 Å². The predicted octanol–water partition coefficient (Wildman–Crippen LogP) is 18.8. The van der Waals surface area contributed by atoms with Crippen molar-refractivity contribution >= 4 is 49.6 Å². The van der Waals surface area contributed by atoms with Gasteiger partial charge in [-0.1, -0.05) is 218 Å². The van der Waals surface area contributed by atoms with E-state index in [9.17, 15) is 0 Å². The van der Waals surface area contributed by atoms with E-state index < -0.39 is 5.41 Å². The standard InChI is InChI=1S/C71H46N2/c1-2-16-47(17-3-1)48-36-39-54(40-37-48)73-69-30-13-9-26-62(69)63-45-53(38-43-70(63)73)50-34-32-49(33-35-50)52-20-14-21-55(44-52)72(68-31-15-19-51-18-4-5-22-57(51)68)56-41-42-61-60-25-8-12-29-66(60)71(67(61)46-56)64-27-10-6-23-58(64)59-24-7-11-28-65(59)71/h1-46H. The summed E-state index contributed by atoms with van der Waals surface area (Å²) in [5.74, 6) is 0. The quantitative estimate of drug-likeness (QED) is 0.155. The van der Waals surface area contributed by atoms with Crippen LogP contribution >= 0.6 is 0 Å². The van der Waals surface area contributed by atoms with Crippen molar-refractivity contribution in [3.8, 4) is 61.3 Å². The Bertz CT molecular complexity index is 4240. The second-order valence-electron chi connectivity index (χ2n) is 19.6. The Morgan fingerprint density at radius 1 is 0.274 bits per heavy atom. The Labute approximate surface area is 425 Å². The third-order valence-corrected chi connectivity index (χ3v) is 15.8. The Hall–Kier alpha value is -9.50. The molecule has 0 bridgehead atoms. The van der Waals surface area contributed by atoms with E-state index in [-0.39, 0.29) is 0 Å². The van der Waals surface area contributed by atoms with Crippen LogP contribution in [0.1, 0.15) is 22.3 Å². The fourth-order valence-electron chi connectivity index (χ4n) is 12.6. The summed E-state index contributed by atoms with van der Waals surface area (Å²) >= 11 is 0. The number of aromatic nitrogens is 1. The van der Waals surface area contributed by atoms with Gasteiger partial charge in [0.25, 0.3) is 0 Å². The Kier molecular flexibility index (Phi) is 9.21. The van der Waals surface area contributed by atoms with Gasteiger partial charge in [-0.05, 0) is 144 Å². The maximum absolute atomic E-state index is 2.49. The normalized spacial score (nSPS) is 12.8. The highest BCUT2D eigenvalue weighted by Gasteiger charge is 2.51. The van der Waals surface area contributed by atoms with Gasteiger partial charge in [0, 0.05) is 33.2 Å². The van der Waals surface area contributed by atoms with Gasteiger partial charge in [-0.3, -0.25) is 0 Å². The lowest BCUT2D eigenvalue weighted by molar-refractivity contribution is 0.793. The molecule has 0 amide bonds. The molecule has 2 nitrogen and oxygen atoms in total. The Morgan fingerprint density at radius 2 is 0.753 bits per heavy atom. The predicted molar refractivity (Wildman–Crippen MR) is 306 cm³/mol. The molecule has 13 aromatic rings. The molecule has 0 saturated heterocycles. The first-order chi connectivity index (χ1) is 36.2. The zero-order valence-corrected chi connectivity index (χ0v) is 40.0. The van der Waals surface area contributed by atoms with Crippen LogP contribution < -0.4 is 4.90 Å². The minimum Gasteiger partial charge on any atom is -0.310 e. The van der Waals surface area contributed by atoms with E-state index in [1.165, 1.54) is 105 Å². The average molecular weight is 927 g/mol. The average Bonchev–Trinajstić information content (AvgIpc) is 4.07. The molecule has 0 fully saturated rings. The van der Waals surface area contributed by atoms with Crippen LogP contribution in [0.15, 0.2) is 279 Å². The van der Waals surface area contributed by atoms with Crippen molar-refractivity contribution in [2.45, 2.75) is 5.41 Å².